The van der Waals surface area contributed by atoms with Crippen LogP contribution in [0.5, 0.6) is 0 Å². The van der Waals surface area contributed by atoms with E-state index < -0.39 is 0 Å². The highest BCUT2D eigenvalue weighted by atomic mass is 32.1. The smallest absolute Gasteiger partial charge is 0.106 e. The number of carbonyl (C=O) groups is 1. The molecule has 0 aromatic heterocycles. The number of thiol groups is 1. The first-order valence-corrected chi connectivity index (χ1v) is 2.87. The van der Waals surface area contributed by atoms with E-state index in [9.17, 15) is 0 Å². The van der Waals surface area contributed by atoms with Gasteiger partial charge < -0.3 is 4.79 Å². The summed E-state index contributed by atoms with van der Waals surface area (Å²) in [4.78, 5) is 9.02. The minimum Gasteiger partial charge on any atom is -0.307 e. The third kappa shape index (κ3) is 3.79. The molecule has 1 nitrogen and oxygen atoms in total. The maximum atomic E-state index is 8.00. The average molecular weight is 140 g/mol. The largest absolute Gasteiger partial charge is 0.307 e. The molecule has 1 rings (SSSR count). The third-order valence-corrected chi connectivity index (χ3v) is 1.05. The van der Waals surface area contributed by atoms with Crippen molar-refractivity contribution in [1.29, 1.82) is 0 Å². The van der Waals surface area contributed by atoms with E-state index in [0.29, 0.717) is 0 Å². The molecule has 2 heteroatoms. The summed E-state index contributed by atoms with van der Waals surface area (Å²) < 4.78 is 0. The van der Waals surface area contributed by atoms with Crippen LogP contribution in [0.3, 0.4) is 0 Å². The normalized spacial score (nSPS) is 7.22. The predicted molar refractivity (Wildman–Crippen MR) is 40.8 cm³/mol. The number of hydrogen-bond acceptors (Lipinski definition) is 2. The van der Waals surface area contributed by atoms with E-state index in [4.69, 9.17) is 4.79 Å². The molecule has 0 saturated heterocycles. The van der Waals surface area contributed by atoms with Crippen molar-refractivity contribution in [2.75, 3.05) is 0 Å². The maximum absolute atomic E-state index is 8.00. The fraction of sp³-hybridized carbons (Fsp3) is 0. The Hall–Kier alpha value is -0.760. The molecule has 0 saturated carbocycles. The Morgan fingerprint density at radius 2 is 1.56 bits per heavy atom. The van der Waals surface area contributed by atoms with Gasteiger partial charge in [0.15, 0.2) is 0 Å². The van der Waals surface area contributed by atoms with E-state index in [2.05, 4.69) is 12.6 Å². The molecule has 0 aliphatic rings. The number of benzene rings is 1. The minimum atomic E-state index is 1.02. The van der Waals surface area contributed by atoms with Crippen LogP contribution in [0.4, 0.5) is 0 Å². The summed E-state index contributed by atoms with van der Waals surface area (Å²) in [5.41, 5.74) is 0. The van der Waals surface area contributed by atoms with E-state index in [1.165, 1.54) is 0 Å². The van der Waals surface area contributed by atoms with Crippen molar-refractivity contribution in [3.63, 3.8) is 0 Å². The lowest BCUT2D eigenvalue weighted by atomic mass is 10.4. The molecule has 0 radical (unpaired) electrons. The van der Waals surface area contributed by atoms with E-state index in [1.807, 2.05) is 37.1 Å². The molecule has 0 N–H and O–H groups in total. The first kappa shape index (κ1) is 8.24. The van der Waals surface area contributed by atoms with Crippen LogP contribution in [0, 0.1) is 0 Å². The molecule has 0 atom stereocenters. The highest BCUT2D eigenvalue weighted by Crippen LogP contribution is 2.00. The molecular formula is C7H8OS. The number of carbonyl (C=O) groups excluding carboxylic acids is 1. The van der Waals surface area contributed by atoms with Gasteiger partial charge in [-0.05, 0) is 12.1 Å². The molecule has 0 aliphatic carbocycles. The molecule has 0 bridgehead atoms. The lowest BCUT2D eigenvalue weighted by Crippen LogP contribution is -1.56. The van der Waals surface area contributed by atoms with Crippen LogP contribution in [-0.2, 0) is 4.79 Å². The fourth-order valence-electron chi connectivity index (χ4n) is 0.428. The summed E-state index contributed by atoms with van der Waals surface area (Å²) in [5.74, 6) is 0. The van der Waals surface area contributed by atoms with Crippen molar-refractivity contribution in [2.45, 2.75) is 4.90 Å². The van der Waals surface area contributed by atoms with Gasteiger partial charge in [-0.1, -0.05) is 18.2 Å². The zero-order valence-corrected chi connectivity index (χ0v) is 5.84. The summed E-state index contributed by atoms with van der Waals surface area (Å²) in [6, 6.07) is 9.79. The Labute approximate surface area is 60.1 Å². The highest BCUT2D eigenvalue weighted by molar-refractivity contribution is 7.80. The van der Waals surface area contributed by atoms with Crippen LogP contribution < -0.4 is 0 Å². The molecule has 0 spiro atoms. The molecule has 0 heterocycles. The van der Waals surface area contributed by atoms with E-state index in [-0.39, 0.29) is 0 Å². The highest BCUT2D eigenvalue weighted by Gasteiger charge is 1.73. The van der Waals surface area contributed by atoms with Gasteiger partial charge in [-0.3, -0.25) is 0 Å². The molecule has 0 unspecified atom stereocenters. The van der Waals surface area contributed by atoms with E-state index in [0.717, 1.165) is 4.90 Å². The van der Waals surface area contributed by atoms with Crippen LogP contribution >= 0.6 is 12.6 Å². The van der Waals surface area contributed by atoms with Crippen LogP contribution in [0.25, 0.3) is 0 Å². The second-order valence-electron chi connectivity index (χ2n) is 1.34. The first-order chi connectivity index (χ1) is 4.39. The van der Waals surface area contributed by atoms with E-state index in [1.54, 1.807) is 0 Å². The summed E-state index contributed by atoms with van der Waals surface area (Å²) in [7, 11) is 0. The fourth-order valence-corrected chi connectivity index (χ4v) is 0.600. The number of rotatable bonds is 0. The van der Waals surface area contributed by atoms with Crippen LogP contribution in [-0.4, -0.2) is 6.79 Å². The standard InChI is InChI=1S/C6H6S.CH2O/c7-6-4-2-1-3-5-6;1-2/h1-5,7H;1H2. The van der Waals surface area contributed by atoms with Crippen molar-refractivity contribution >= 4 is 19.4 Å². The molecule has 9 heavy (non-hydrogen) atoms. The van der Waals surface area contributed by atoms with Gasteiger partial charge in [-0.25, -0.2) is 0 Å². The molecule has 1 aromatic rings. The van der Waals surface area contributed by atoms with Gasteiger partial charge in [0.2, 0.25) is 0 Å². The second-order valence-corrected chi connectivity index (χ2v) is 1.85. The Kier molecular flexibility index (Phi) is 4.92. The third-order valence-electron chi connectivity index (χ3n) is 0.756. The van der Waals surface area contributed by atoms with Gasteiger partial charge in [0.1, 0.15) is 6.79 Å². The summed E-state index contributed by atoms with van der Waals surface area (Å²) in [5, 5.41) is 0. The minimum absolute atomic E-state index is 1.02. The van der Waals surface area contributed by atoms with Crippen molar-refractivity contribution in [1.82, 2.24) is 0 Å². The number of hydrogen-bond donors (Lipinski definition) is 1. The van der Waals surface area contributed by atoms with Crippen molar-refractivity contribution in [3.05, 3.63) is 30.3 Å². The van der Waals surface area contributed by atoms with Gasteiger partial charge >= 0.3 is 0 Å². The average Bonchev–Trinajstić information content (AvgIpc) is 1.94. The molecule has 1 aromatic carbocycles. The first-order valence-electron chi connectivity index (χ1n) is 2.42. The molecule has 0 aliphatic heterocycles. The molecular weight excluding hydrogens is 132 g/mol. The van der Waals surface area contributed by atoms with Gasteiger partial charge in [0, 0.05) is 4.90 Å². The van der Waals surface area contributed by atoms with E-state index >= 15 is 0 Å². The van der Waals surface area contributed by atoms with Crippen molar-refractivity contribution < 1.29 is 4.79 Å². The van der Waals surface area contributed by atoms with Crippen LogP contribution in [0.2, 0.25) is 0 Å². The van der Waals surface area contributed by atoms with Gasteiger partial charge in [-0.2, -0.15) is 0 Å². The topological polar surface area (TPSA) is 17.1 Å². The van der Waals surface area contributed by atoms with Crippen LogP contribution in [0.1, 0.15) is 0 Å². The Balaban J connectivity index is 0.000000291. The molecule has 0 fully saturated rings. The van der Waals surface area contributed by atoms with Crippen molar-refractivity contribution in [2.24, 2.45) is 0 Å². The van der Waals surface area contributed by atoms with Gasteiger partial charge in [0.05, 0.1) is 0 Å². The Morgan fingerprint density at radius 1 is 1.11 bits per heavy atom. The van der Waals surface area contributed by atoms with Crippen molar-refractivity contribution in [3.8, 4) is 0 Å². The SMILES string of the molecule is C=O.Sc1ccccc1. The predicted octanol–water partition coefficient (Wildman–Crippen LogP) is 1.79. The zero-order chi connectivity index (χ0) is 7.11. The summed E-state index contributed by atoms with van der Waals surface area (Å²) in [6.07, 6.45) is 0. The zero-order valence-electron chi connectivity index (χ0n) is 4.95. The summed E-state index contributed by atoms with van der Waals surface area (Å²) in [6.45, 7) is 2.00. The van der Waals surface area contributed by atoms with Gasteiger partial charge in [-0.15, -0.1) is 12.6 Å². The quantitative estimate of drug-likeness (QED) is 0.544. The molecule has 48 valence electrons. The molecule has 0 amide bonds. The summed E-state index contributed by atoms with van der Waals surface area (Å²) >= 11 is 4.08. The second kappa shape index (κ2) is 5.38. The Bertz CT molecular complexity index is 150. The lowest BCUT2D eigenvalue weighted by Gasteiger charge is -1.81. The van der Waals surface area contributed by atoms with Crippen LogP contribution in [0.15, 0.2) is 35.2 Å². The Morgan fingerprint density at radius 3 is 1.78 bits per heavy atom. The van der Waals surface area contributed by atoms with Gasteiger partial charge in [0.25, 0.3) is 0 Å². The maximum Gasteiger partial charge on any atom is 0.106 e. The monoisotopic (exact) mass is 140 g/mol. The lowest BCUT2D eigenvalue weighted by molar-refractivity contribution is -0.0979.